The van der Waals surface area contributed by atoms with Crippen LogP contribution < -0.4 is 15.8 Å². The first-order valence-electron chi connectivity index (χ1n) is 5.66. The van der Waals surface area contributed by atoms with Crippen LogP contribution in [0, 0.1) is 0 Å². The van der Waals surface area contributed by atoms with Crippen LogP contribution in [0.5, 0.6) is 5.75 Å². The average Bonchev–Trinajstić information content (AvgIpc) is 2.85. The number of nitrogens with two attached hydrogens (primary N) is 1. The molecule has 3 nitrogen and oxygen atoms in total. The topological polar surface area (TPSA) is 47.3 Å². The predicted octanol–water partition coefficient (Wildman–Crippen LogP) is 2.67. The molecule has 1 saturated heterocycles. The summed E-state index contributed by atoms with van der Waals surface area (Å²) in [5.41, 5.74) is 4.72. The number of alkyl halides is 3. The van der Waals surface area contributed by atoms with Crippen molar-refractivity contribution in [2.75, 3.05) is 25.9 Å². The maximum Gasteiger partial charge on any atom is 0.419 e. The van der Waals surface area contributed by atoms with Crippen molar-refractivity contribution in [1.29, 1.82) is 0 Å². The fourth-order valence-corrected chi connectivity index (χ4v) is 1.57. The maximum atomic E-state index is 12.2. The van der Waals surface area contributed by atoms with Crippen LogP contribution in [0.2, 0.25) is 0 Å². The fourth-order valence-electron chi connectivity index (χ4n) is 1.57. The Morgan fingerprint density at radius 2 is 1.83 bits per heavy atom. The summed E-state index contributed by atoms with van der Waals surface area (Å²) < 4.78 is 41.3. The highest BCUT2D eigenvalue weighted by Gasteiger charge is 2.34. The van der Waals surface area contributed by atoms with E-state index in [0.29, 0.717) is 0 Å². The van der Waals surface area contributed by atoms with Gasteiger partial charge in [0.05, 0.1) is 12.7 Å². The van der Waals surface area contributed by atoms with Gasteiger partial charge in [0.25, 0.3) is 0 Å². The molecular formula is C12H17F3N2O. The molecule has 0 radical (unpaired) electrons. The molecule has 102 valence electrons. The number of hydrogen-bond acceptors (Lipinski definition) is 3. The number of nitrogens with one attached hydrogen (secondary N) is 1. The molecular weight excluding hydrogens is 245 g/mol. The first-order chi connectivity index (χ1) is 8.45. The van der Waals surface area contributed by atoms with Gasteiger partial charge in [0.2, 0.25) is 0 Å². The number of benzene rings is 1. The summed E-state index contributed by atoms with van der Waals surface area (Å²) in [5.74, 6) is -0.257. The highest BCUT2D eigenvalue weighted by atomic mass is 19.4. The Kier molecular flexibility index (Phi) is 5.27. The molecule has 0 bridgehead atoms. The lowest BCUT2D eigenvalue weighted by molar-refractivity contribution is -0.138. The molecule has 1 fully saturated rings. The van der Waals surface area contributed by atoms with E-state index < -0.39 is 11.7 Å². The van der Waals surface area contributed by atoms with E-state index in [9.17, 15) is 13.2 Å². The molecule has 1 aliphatic heterocycles. The molecule has 1 aromatic carbocycles. The molecule has 6 heteroatoms. The summed E-state index contributed by atoms with van der Waals surface area (Å²) >= 11 is 0. The van der Waals surface area contributed by atoms with E-state index in [1.54, 1.807) is 0 Å². The molecule has 0 atom stereocenters. The van der Waals surface area contributed by atoms with Crippen LogP contribution in [0.3, 0.4) is 0 Å². The summed E-state index contributed by atoms with van der Waals surface area (Å²) in [4.78, 5) is 0. The monoisotopic (exact) mass is 262 g/mol. The molecule has 0 aliphatic carbocycles. The van der Waals surface area contributed by atoms with Gasteiger partial charge in [-0.05, 0) is 38.1 Å². The van der Waals surface area contributed by atoms with E-state index >= 15 is 0 Å². The summed E-state index contributed by atoms with van der Waals surface area (Å²) in [6, 6.07) is 3.22. The van der Waals surface area contributed by atoms with Crippen molar-refractivity contribution in [2.24, 2.45) is 0 Å². The van der Waals surface area contributed by atoms with Crippen LogP contribution in [0.25, 0.3) is 0 Å². The summed E-state index contributed by atoms with van der Waals surface area (Å²) in [6.07, 6.45) is -1.63. The first-order valence-corrected chi connectivity index (χ1v) is 5.66. The zero-order chi connectivity index (χ0) is 13.6. The molecule has 1 aromatic rings. The van der Waals surface area contributed by atoms with Gasteiger partial charge < -0.3 is 15.8 Å². The van der Waals surface area contributed by atoms with Crippen molar-refractivity contribution >= 4 is 5.69 Å². The van der Waals surface area contributed by atoms with E-state index in [0.717, 1.165) is 12.1 Å². The number of hydrogen-bond donors (Lipinski definition) is 2. The van der Waals surface area contributed by atoms with Crippen molar-refractivity contribution in [3.8, 4) is 5.75 Å². The predicted molar refractivity (Wildman–Crippen MR) is 64.5 cm³/mol. The van der Waals surface area contributed by atoms with Gasteiger partial charge in [0, 0.05) is 11.8 Å². The Bertz CT molecular complexity index is 368. The van der Waals surface area contributed by atoms with Crippen LogP contribution in [0.15, 0.2) is 18.2 Å². The second kappa shape index (κ2) is 6.49. The van der Waals surface area contributed by atoms with Gasteiger partial charge in [0.1, 0.15) is 5.75 Å². The van der Waals surface area contributed by atoms with Crippen LogP contribution >= 0.6 is 0 Å². The van der Waals surface area contributed by atoms with Gasteiger partial charge in [-0.25, -0.2) is 0 Å². The first kappa shape index (κ1) is 14.6. The molecule has 3 N–H and O–H groups in total. The number of anilines is 1. The van der Waals surface area contributed by atoms with E-state index in [2.05, 4.69) is 10.1 Å². The van der Waals surface area contributed by atoms with Crippen LogP contribution in [0.1, 0.15) is 18.4 Å². The number of halogens is 3. The quantitative estimate of drug-likeness (QED) is 0.765. The highest BCUT2D eigenvalue weighted by Crippen LogP contribution is 2.36. The summed E-state index contributed by atoms with van der Waals surface area (Å²) in [7, 11) is 1.17. The zero-order valence-electron chi connectivity index (χ0n) is 10.2. The molecule has 1 aliphatic rings. The molecule has 2 rings (SSSR count). The minimum atomic E-state index is -4.40. The van der Waals surface area contributed by atoms with Crippen LogP contribution in [-0.4, -0.2) is 20.2 Å². The molecule has 1 heterocycles. The minimum Gasteiger partial charge on any atom is -0.496 e. The highest BCUT2D eigenvalue weighted by molar-refractivity contribution is 5.49. The Balaban J connectivity index is 0.000000269. The third kappa shape index (κ3) is 4.44. The molecule has 0 saturated carbocycles. The molecule has 0 unspecified atom stereocenters. The summed E-state index contributed by atoms with van der Waals surface area (Å²) in [5, 5.41) is 3.22. The van der Waals surface area contributed by atoms with Crippen molar-refractivity contribution in [2.45, 2.75) is 19.0 Å². The third-order valence-electron chi connectivity index (χ3n) is 2.49. The molecule has 0 spiro atoms. The van der Waals surface area contributed by atoms with Gasteiger partial charge in [-0.15, -0.1) is 0 Å². The number of rotatable bonds is 1. The number of ether oxygens (including phenoxy) is 1. The van der Waals surface area contributed by atoms with Gasteiger partial charge in [0.15, 0.2) is 0 Å². The smallest absolute Gasteiger partial charge is 0.419 e. The normalized spacial score (nSPS) is 14.9. The van der Waals surface area contributed by atoms with Crippen molar-refractivity contribution < 1.29 is 17.9 Å². The van der Waals surface area contributed by atoms with Crippen molar-refractivity contribution in [1.82, 2.24) is 5.32 Å². The molecule has 0 aromatic heterocycles. The second-order valence-corrected chi connectivity index (χ2v) is 3.91. The molecule has 0 amide bonds. The number of nitrogen functional groups attached to an aromatic ring is 1. The second-order valence-electron chi connectivity index (χ2n) is 3.91. The van der Waals surface area contributed by atoms with Gasteiger partial charge in [-0.2, -0.15) is 13.2 Å². The van der Waals surface area contributed by atoms with E-state index in [4.69, 9.17) is 5.73 Å². The lowest BCUT2D eigenvalue weighted by atomic mass is 10.2. The lowest BCUT2D eigenvalue weighted by Gasteiger charge is -2.11. The van der Waals surface area contributed by atoms with Gasteiger partial charge in [-0.1, -0.05) is 0 Å². The Hall–Kier alpha value is -1.43. The number of methoxy groups -OCH3 is 1. The Morgan fingerprint density at radius 3 is 2.22 bits per heavy atom. The average molecular weight is 262 g/mol. The Labute approximate surface area is 104 Å². The van der Waals surface area contributed by atoms with E-state index in [1.807, 2.05) is 0 Å². The standard InChI is InChI=1S/C8H8F3NO.C4H9N/c1-13-7-4-5(12)2-3-6(7)8(9,10)11;1-2-4-5-3-1/h2-4H,12H2,1H3;5H,1-4H2. The minimum absolute atomic E-state index is 0.241. The fraction of sp³-hybridized carbons (Fsp3) is 0.500. The largest absolute Gasteiger partial charge is 0.496 e. The Morgan fingerprint density at radius 1 is 1.22 bits per heavy atom. The van der Waals surface area contributed by atoms with Gasteiger partial charge >= 0.3 is 6.18 Å². The zero-order valence-corrected chi connectivity index (χ0v) is 10.2. The van der Waals surface area contributed by atoms with Gasteiger partial charge in [-0.3, -0.25) is 0 Å². The SMILES string of the molecule is C1CCNC1.COc1cc(N)ccc1C(F)(F)F. The third-order valence-corrected chi connectivity index (χ3v) is 2.49. The lowest BCUT2D eigenvalue weighted by Crippen LogP contribution is -2.07. The van der Waals surface area contributed by atoms with Crippen molar-refractivity contribution in [3.63, 3.8) is 0 Å². The summed E-state index contributed by atoms with van der Waals surface area (Å²) in [6.45, 7) is 2.50. The van der Waals surface area contributed by atoms with Crippen LogP contribution in [-0.2, 0) is 6.18 Å². The van der Waals surface area contributed by atoms with Crippen molar-refractivity contribution in [3.05, 3.63) is 23.8 Å². The maximum absolute atomic E-state index is 12.2. The van der Waals surface area contributed by atoms with E-state index in [1.165, 1.54) is 39.1 Å². The molecule has 18 heavy (non-hydrogen) atoms. The van der Waals surface area contributed by atoms with Crippen LogP contribution in [0.4, 0.5) is 18.9 Å². The van der Waals surface area contributed by atoms with E-state index in [-0.39, 0.29) is 11.4 Å².